The van der Waals surface area contributed by atoms with Crippen LogP contribution in [0.1, 0.15) is 25.7 Å². The number of carbonyl (C=O) groups is 1. The van der Waals surface area contributed by atoms with Gasteiger partial charge in [-0.25, -0.2) is 0 Å². The highest BCUT2D eigenvalue weighted by Crippen LogP contribution is 2.18. The van der Waals surface area contributed by atoms with Gasteiger partial charge in [0, 0.05) is 12.5 Å². The van der Waals surface area contributed by atoms with Crippen LogP contribution >= 0.6 is 0 Å². The highest BCUT2D eigenvalue weighted by Gasteiger charge is 2.22. The molecule has 1 heterocycles. The van der Waals surface area contributed by atoms with Crippen molar-refractivity contribution >= 4 is 5.97 Å². The molecule has 0 saturated carbocycles. The molecule has 0 aliphatic carbocycles. The zero-order valence-corrected chi connectivity index (χ0v) is 7.70. The van der Waals surface area contributed by atoms with Gasteiger partial charge in [-0.05, 0) is 19.4 Å². The van der Waals surface area contributed by atoms with Crippen LogP contribution in [0.2, 0.25) is 0 Å². The number of aliphatic carboxylic acids is 1. The molecule has 0 radical (unpaired) electrons. The zero-order valence-electron chi connectivity index (χ0n) is 7.70. The van der Waals surface area contributed by atoms with Crippen LogP contribution in [-0.4, -0.2) is 35.1 Å². The molecule has 1 saturated heterocycles. The van der Waals surface area contributed by atoms with Crippen molar-refractivity contribution in [2.24, 2.45) is 0 Å². The fourth-order valence-electron chi connectivity index (χ4n) is 1.81. The predicted molar refractivity (Wildman–Crippen MR) is 50.3 cm³/mol. The molecule has 3 heteroatoms. The van der Waals surface area contributed by atoms with E-state index >= 15 is 0 Å². The van der Waals surface area contributed by atoms with Crippen LogP contribution in [0.4, 0.5) is 0 Å². The van der Waals surface area contributed by atoms with Crippen molar-refractivity contribution in [1.29, 1.82) is 0 Å². The minimum absolute atomic E-state index is 0.131. The fourth-order valence-corrected chi connectivity index (χ4v) is 1.81. The van der Waals surface area contributed by atoms with Crippen LogP contribution < -0.4 is 0 Å². The molecule has 0 bridgehead atoms. The second-order valence-corrected chi connectivity index (χ2v) is 3.42. The minimum Gasteiger partial charge on any atom is -0.480 e. The van der Waals surface area contributed by atoms with E-state index in [4.69, 9.17) is 11.5 Å². The summed E-state index contributed by atoms with van der Waals surface area (Å²) in [6.45, 7) is 1.00. The molecule has 1 aliphatic rings. The largest absolute Gasteiger partial charge is 0.480 e. The van der Waals surface area contributed by atoms with Gasteiger partial charge in [0.05, 0.1) is 6.54 Å². The molecule has 1 atom stereocenters. The quantitative estimate of drug-likeness (QED) is 0.659. The Balaban J connectivity index is 2.47. The molecule has 0 spiro atoms. The molecule has 13 heavy (non-hydrogen) atoms. The number of nitrogens with zero attached hydrogens (tertiary/aromatic N) is 1. The van der Waals surface area contributed by atoms with Gasteiger partial charge in [-0.2, -0.15) is 0 Å². The summed E-state index contributed by atoms with van der Waals surface area (Å²) >= 11 is 0. The molecule has 3 nitrogen and oxygen atoms in total. The maximum absolute atomic E-state index is 10.5. The van der Waals surface area contributed by atoms with Crippen LogP contribution in [0.5, 0.6) is 0 Å². The SMILES string of the molecule is C#CCC1CCCCN1CC(=O)O. The number of terminal acetylenes is 1. The van der Waals surface area contributed by atoms with Gasteiger partial charge in [0.2, 0.25) is 0 Å². The summed E-state index contributed by atoms with van der Waals surface area (Å²) in [6.07, 6.45) is 9.20. The number of likely N-dealkylation sites (tertiary alicyclic amines) is 1. The Hall–Kier alpha value is -1.01. The zero-order chi connectivity index (χ0) is 9.68. The number of carboxylic acids is 1. The second kappa shape index (κ2) is 4.88. The van der Waals surface area contributed by atoms with E-state index in [1.54, 1.807) is 0 Å². The van der Waals surface area contributed by atoms with Gasteiger partial charge in [-0.3, -0.25) is 9.69 Å². The van der Waals surface area contributed by atoms with E-state index in [0.717, 1.165) is 19.4 Å². The van der Waals surface area contributed by atoms with Crippen LogP contribution in [0.3, 0.4) is 0 Å². The molecule has 0 aromatic rings. The lowest BCUT2D eigenvalue weighted by atomic mass is 10.00. The Bertz CT molecular complexity index is 219. The minimum atomic E-state index is -0.760. The van der Waals surface area contributed by atoms with Gasteiger partial charge in [0.1, 0.15) is 0 Å². The summed E-state index contributed by atoms with van der Waals surface area (Å²) in [6, 6.07) is 0.287. The van der Waals surface area contributed by atoms with Crippen molar-refractivity contribution in [3.8, 4) is 12.3 Å². The smallest absolute Gasteiger partial charge is 0.317 e. The van der Waals surface area contributed by atoms with Crippen molar-refractivity contribution in [3.05, 3.63) is 0 Å². The molecule has 1 aliphatic heterocycles. The van der Waals surface area contributed by atoms with E-state index in [-0.39, 0.29) is 12.6 Å². The van der Waals surface area contributed by atoms with Crippen molar-refractivity contribution in [2.75, 3.05) is 13.1 Å². The maximum Gasteiger partial charge on any atom is 0.317 e. The Morgan fingerprint density at radius 2 is 2.38 bits per heavy atom. The summed E-state index contributed by atoms with van der Waals surface area (Å²) in [5.41, 5.74) is 0. The highest BCUT2D eigenvalue weighted by atomic mass is 16.4. The number of rotatable bonds is 3. The third kappa shape index (κ3) is 3.08. The highest BCUT2D eigenvalue weighted by molar-refractivity contribution is 5.69. The van der Waals surface area contributed by atoms with E-state index < -0.39 is 5.97 Å². The third-order valence-corrected chi connectivity index (χ3v) is 2.44. The summed E-state index contributed by atoms with van der Waals surface area (Å²) < 4.78 is 0. The van der Waals surface area contributed by atoms with Crippen LogP contribution in [0.15, 0.2) is 0 Å². The molecule has 72 valence electrons. The fraction of sp³-hybridized carbons (Fsp3) is 0.700. The average molecular weight is 181 g/mol. The molecule has 1 N–H and O–H groups in total. The summed E-state index contributed by atoms with van der Waals surface area (Å²) in [5.74, 6) is 1.85. The first-order chi connectivity index (χ1) is 6.24. The van der Waals surface area contributed by atoms with E-state index in [0.29, 0.717) is 6.42 Å². The number of hydrogen-bond acceptors (Lipinski definition) is 2. The molecule has 0 aromatic heterocycles. The predicted octanol–water partition coefficient (Wildman–Crippen LogP) is 0.949. The normalized spacial score (nSPS) is 23.8. The van der Waals surface area contributed by atoms with E-state index in [1.807, 2.05) is 4.90 Å². The van der Waals surface area contributed by atoms with Gasteiger partial charge in [0.15, 0.2) is 0 Å². The number of piperidine rings is 1. The molecule has 0 aromatic carbocycles. The van der Waals surface area contributed by atoms with Crippen molar-refractivity contribution in [1.82, 2.24) is 4.90 Å². The van der Waals surface area contributed by atoms with Crippen molar-refractivity contribution in [3.63, 3.8) is 0 Å². The summed E-state index contributed by atoms with van der Waals surface area (Å²) in [4.78, 5) is 12.5. The molecule has 1 rings (SSSR count). The average Bonchev–Trinajstić information content (AvgIpc) is 2.08. The lowest BCUT2D eigenvalue weighted by Crippen LogP contribution is -2.42. The van der Waals surface area contributed by atoms with Gasteiger partial charge in [-0.1, -0.05) is 6.42 Å². The third-order valence-electron chi connectivity index (χ3n) is 2.44. The first-order valence-corrected chi connectivity index (χ1v) is 4.63. The Morgan fingerprint density at radius 3 is 3.00 bits per heavy atom. The molecule has 0 amide bonds. The Morgan fingerprint density at radius 1 is 1.62 bits per heavy atom. The van der Waals surface area contributed by atoms with E-state index in [9.17, 15) is 4.79 Å². The van der Waals surface area contributed by atoms with Gasteiger partial charge in [0.25, 0.3) is 0 Å². The molecular weight excluding hydrogens is 166 g/mol. The van der Waals surface area contributed by atoms with Crippen LogP contribution in [-0.2, 0) is 4.79 Å². The summed E-state index contributed by atoms with van der Waals surface area (Å²) in [5, 5.41) is 8.66. The first-order valence-electron chi connectivity index (χ1n) is 4.63. The molecular formula is C10H15NO2. The van der Waals surface area contributed by atoms with Crippen LogP contribution in [0.25, 0.3) is 0 Å². The van der Waals surface area contributed by atoms with Crippen molar-refractivity contribution < 1.29 is 9.90 Å². The monoisotopic (exact) mass is 181 g/mol. The number of carboxylic acid groups (broad SMARTS) is 1. The molecule has 1 unspecified atom stereocenters. The van der Waals surface area contributed by atoms with Crippen LogP contribution in [0, 0.1) is 12.3 Å². The lowest BCUT2D eigenvalue weighted by molar-refractivity contribution is -0.139. The summed E-state index contributed by atoms with van der Waals surface area (Å²) in [7, 11) is 0. The van der Waals surface area contributed by atoms with E-state index in [1.165, 1.54) is 6.42 Å². The standard InChI is InChI=1S/C10H15NO2/c1-2-5-9-6-3-4-7-11(9)8-10(12)13/h1,9H,3-8H2,(H,12,13). The number of hydrogen-bond donors (Lipinski definition) is 1. The maximum atomic E-state index is 10.5. The lowest BCUT2D eigenvalue weighted by Gasteiger charge is -2.33. The van der Waals surface area contributed by atoms with Gasteiger partial charge < -0.3 is 5.11 Å². The second-order valence-electron chi connectivity index (χ2n) is 3.42. The first kappa shape index (κ1) is 10.1. The molecule has 1 fully saturated rings. The topological polar surface area (TPSA) is 40.5 Å². The Kier molecular flexibility index (Phi) is 3.78. The van der Waals surface area contributed by atoms with Gasteiger partial charge in [-0.15, -0.1) is 12.3 Å². The van der Waals surface area contributed by atoms with Gasteiger partial charge >= 0.3 is 5.97 Å². The Labute approximate surface area is 78.7 Å². The van der Waals surface area contributed by atoms with E-state index in [2.05, 4.69) is 5.92 Å². The van der Waals surface area contributed by atoms with Crippen molar-refractivity contribution in [2.45, 2.75) is 31.7 Å².